The molecule has 20 heavy (non-hydrogen) atoms. The lowest BCUT2D eigenvalue weighted by atomic mass is 10.0. The van der Waals surface area contributed by atoms with E-state index in [1.165, 1.54) is 16.8 Å². The van der Waals surface area contributed by atoms with Gasteiger partial charge >= 0.3 is 0 Å². The van der Waals surface area contributed by atoms with Crippen molar-refractivity contribution in [2.75, 3.05) is 38.2 Å². The Labute approximate surface area is 120 Å². The van der Waals surface area contributed by atoms with Crippen LogP contribution < -0.4 is 15.0 Å². The molecule has 0 bridgehead atoms. The van der Waals surface area contributed by atoms with E-state index in [4.69, 9.17) is 4.74 Å². The van der Waals surface area contributed by atoms with Gasteiger partial charge in [-0.25, -0.2) is 0 Å². The molecule has 3 nitrogen and oxygen atoms in total. The Morgan fingerprint density at radius 1 is 0.950 bits per heavy atom. The molecule has 1 heterocycles. The summed E-state index contributed by atoms with van der Waals surface area (Å²) in [5.41, 5.74) is 3.72. The minimum absolute atomic E-state index is 0.897. The molecule has 0 aliphatic carbocycles. The molecule has 104 valence electrons. The normalized spacial score (nSPS) is 15.2. The number of rotatable bonds is 3. The zero-order chi connectivity index (χ0) is 13.8. The quantitative estimate of drug-likeness (QED) is 0.926. The molecule has 3 rings (SSSR count). The Bertz CT molecular complexity index is 559. The van der Waals surface area contributed by atoms with E-state index in [1.54, 1.807) is 7.11 Å². The van der Waals surface area contributed by atoms with Crippen LogP contribution in [0.15, 0.2) is 48.5 Å². The fourth-order valence-electron chi connectivity index (χ4n) is 2.59. The molecule has 2 aromatic carbocycles. The van der Waals surface area contributed by atoms with Gasteiger partial charge in [-0.1, -0.05) is 24.3 Å². The Balaban J connectivity index is 1.81. The minimum atomic E-state index is 0.897. The first-order chi connectivity index (χ1) is 9.86. The number of anilines is 1. The van der Waals surface area contributed by atoms with Gasteiger partial charge in [0.1, 0.15) is 5.75 Å². The van der Waals surface area contributed by atoms with E-state index in [0.717, 1.165) is 31.9 Å². The smallest absolute Gasteiger partial charge is 0.119 e. The second-order valence-corrected chi connectivity index (χ2v) is 5.02. The van der Waals surface area contributed by atoms with Gasteiger partial charge in [0, 0.05) is 31.9 Å². The first-order valence-corrected chi connectivity index (χ1v) is 7.07. The molecule has 0 unspecified atom stereocenters. The molecular formula is C17H20N2O. The number of nitrogens with zero attached hydrogens (tertiary/aromatic N) is 1. The summed E-state index contributed by atoms with van der Waals surface area (Å²) in [7, 11) is 1.70. The van der Waals surface area contributed by atoms with E-state index in [1.807, 2.05) is 12.1 Å². The first-order valence-electron chi connectivity index (χ1n) is 7.07. The zero-order valence-corrected chi connectivity index (χ0v) is 11.8. The highest BCUT2D eigenvalue weighted by Crippen LogP contribution is 2.26. The Morgan fingerprint density at radius 3 is 2.40 bits per heavy atom. The van der Waals surface area contributed by atoms with Crippen LogP contribution in [0, 0.1) is 0 Å². The van der Waals surface area contributed by atoms with Crippen LogP contribution in [0.4, 0.5) is 5.69 Å². The fourth-order valence-corrected chi connectivity index (χ4v) is 2.59. The monoisotopic (exact) mass is 268 g/mol. The van der Waals surface area contributed by atoms with Crippen LogP contribution in [0.1, 0.15) is 0 Å². The molecule has 0 radical (unpaired) electrons. The van der Waals surface area contributed by atoms with Crippen molar-refractivity contribution in [1.82, 2.24) is 5.32 Å². The third-order valence-electron chi connectivity index (χ3n) is 3.75. The van der Waals surface area contributed by atoms with Gasteiger partial charge in [-0.05, 0) is 35.4 Å². The second-order valence-electron chi connectivity index (χ2n) is 5.02. The van der Waals surface area contributed by atoms with Crippen LogP contribution in [0.3, 0.4) is 0 Å². The summed E-state index contributed by atoms with van der Waals surface area (Å²) >= 11 is 0. The second kappa shape index (κ2) is 5.97. The average Bonchev–Trinajstić information content (AvgIpc) is 2.56. The number of hydrogen-bond donors (Lipinski definition) is 1. The molecule has 0 saturated carbocycles. The summed E-state index contributed by atoms with van der Waals surface area (Å²) in [6, 6.07) is 17.0. The summed E-state index contributed by atoms with van der Waals surface area (Å²) in [6.45, 7) is 4.30. The molecule has 0 atom stereocenters. The number of nitrogens with one attached hydrogen (secondary N) is 1. The van der Waals surface area contributed by atoms with Crippen molar-refractivity contribution in [3.8, 4) is 16.9 Å². The topological polar surface area (TPSA) is 24.5 Å². The van der Waals surface area contributed by atoms with Crippen LogP contribution in [-0.2, 0) is 0 Å². The maximum atomic E-state index is 5.28. The number of hydrogen-bond acceptors (Lipinski definition) is 3. The van der Waals surface area contributed by atoms with E-state index < -0.39 is 0 Å². The molecule has 2 aromatic rings. The number of piperazine rings is 1. The Hall–Kier alpha value is -2.00. The van der Waals surface area contributed by atoms with Gasteiger partial charge < -0.3 is 15.0 Å². The van der Waals surface area contributed by atoms with E-state index >= 15 is 0 Å². The van der Waals surface area contributed by atoms with Crippen LogP contribution in [0.5, 0.6) is 5.75 Å². The van der Waals surface area contributed by atoms with Gasteiger partial charge in [0.2, 0.25) is 0 Å². The van der Waals surface area contributed by atoms with Crippen LogP contribution in [0.2, 0.25) is 0 Å². The Morgan fingerprint density at radius 2 is 1.70 bits per heavy atom. The van der Waals surface area contributed by atoms with Gasteiger partial charge in [-0.2, -0.15) is 0 Å². The lowest BCUT2D eigenvalue weighted by Gasteiger charge is -2.29. The lowest BCUT2D eigenvalue weighted by molar-refractivity contribution is 0.415. The Kier molecular flexibility index (Phi) is 3.88. The van der Waals surface area contributed by atoms with Crippen molar-refractivity contribution in [3.05, 3.63) is 48.5 Å². The zero-order valence-electron chi connectivity index (χ0n) is 11.8. The third kappa shape index (κ3) is 2.78. The van der Waals surface area contributed by atoms with E-state index in [2.05, 4.69) is 46.6 Å². The third-order valence-corrected chi connectivity index (χ3v) is 3.75. The average molecular weight is 268 g/mol. The highest BCUT2D eigenvalue weighted by molar-refractivity contribution is 5.67. The summed E-state index contributed by atoms with van der Waals surface area (Å²) < 4.78 is 5.28. The molecule has 0 amide bonds. The SMILES string of the molecule is COc1cccc(-c2ccc(N3CCNCC3)cc2)c1. The first kappa shape index (κ1) is 13.0. The summed E-state index contributed by atoms with van der Waals surface area (Å²) in [5.74, 6) is 0.897. The van der Waals surface area contributed by atoms with Crippen LogP contribution in [-0.4, -0.2) is 33.3 Å². The standard InChI is InChI=1S/C17H20N2O/c1-20-17-4-2-3-15(13-17)14-5-7-16(8-6-14)19-11-9-18-10-12-19/h2-8,13,18H,9-12H2,1H3. The molecule has 1 aliphatic rings. The summed E-state index contributed by atoms with van der Waals surface area (Å²) in [6.07, 6.45) is 0. The van der Waals surface area contributed by atoms with Crippen molar-refractivity contribution in [2.24, 2.45) is 0 Å². The predicted octanol–water partition coefficient (Wildman–Crippen LogP) is 2.77. The van der Waals surface area contributed by atoms with E-state index in [-0.39, 0.29) is 0 Å². The van der Waals surface area contributed by atoms with Gasteiger partial charge in [0.25, 0.3) is 0 Å². The molecule has 0 aromatic heterocycles. The predicted molar refractivity (Wildman–Crippen MR) is 83.5 cm³/mol. The molecule has 1 aliphatic heterocycles. The van der Waals surface area contributed by atoms with Crippen molar-refractivity contribution < 1.29 is 4.74 Å². The van der Waals surface area contributed by atoms with Crippen molar-refractivity contribution in [3.63, 3.8) is 0 Å². The maximum absolute atomic E-state index is 5.28. The summed E-state index contributed by atoms with van der Waals surface area (Å²) in [4.78, 5) is 2.42. The van der Waals surface area contributed by atoms with Gasteiger partial charge in [0.15, 0.2) is 0 Å². The highest BCUT2D eigenvalue weighted by Gasteiger charge is 2.10. The van der Waals surface area contributed by atoms with Crippen molar-refractivity contribution in [1.29, 1.82) is 0 Å². The number of methoxy groups -OCH3 is 1. The number of ether oxygens (including phenoxy) is 1. The van der Waals surface area contributed by atoms with Gasteiger partial charge in [-0.3, -0.25) is 0 Å². The molecule has 1 N–H and O–H groups in total. The molecule has 3 heteroatoms. The van der Waals surface area contributed by atoms with E-state index in [9.17, 15) is 0 Å². The van der Waals surface area contributed by atoms with Gasteiger partial charge in [-0.15, -0.1) is 0 Å². The fraction of sp³-hybridized carbons (Fsp3) is 0.294. The molecule has 1 fully saturated rings. The van der Waals surface area contributed by atoms with Crippen LogP contribution >= 0.6 is 0 Å². The highest BCUT2D eigenvalue weighted by atomic mass is 16.5. The van der Waals surface area contributed by atoms with Crippen molar-refractivity contribution >= 4 is 5.69 Å². The van der Waals surface area contributed by atoms with Gasteiger partial charge in [0.05, 0.1) is 7.11 Å². The number of benzene rings is 2. The minimum Gasteiger partial charge on any atom is -0.497 e. The van der Waals surface area contributed by atoms with E-state index in [0.29, 0.717) is 0 Å². The molecular weight excluding hydrogens is 248 g/mol. The molecule has 0 spiro atoms. The van der Waals surface area contributed by atoms with Crippen LogP contribution in [0.25, 0.3) is 11.1 Å². The largest absolute Gasteiger partial charge is 0.497 e. The lowest BCUT2D eigenvalue weighted by Crippen LogP contribution is -2.43. The summed E-state index contributed by atoms with van der Waals surface area (Å²) in [5, 5.41) is 3.38. The molecule has 1 saturated heterocycles. The maximum Gasteiger partial charge on any atom is 0.119 e. The van der Waals surface area contributed by atoms with Crippen molar-refractivity contribution in [2.45, 2.75) is 0 Å².